The average molecular weight is 258 g/mol. The van der Waals surface area contributed by atoms with Crippen LogP contribution < -0.4 is 4.90 Å². The van der Waals surface area contributed by atoms with Gasteiger partial charge in [0.15, 0.2) is 0 Å². The lowest BCUT2D eigenvalue weighted by molar-refractivity contribution is -0.125. The summed E-state index contributed by atoms with van der Waals surface area (Å²) >= 11 is 0. The molecule has 1 saturated carbocycles. The Bertz CT molecular complexity index is 636. The quantitative estimate of drug-likeness (QED) is 0.722. The molecule has 96 valence electrons. The fourth-order valence-electron chi connectivity index (χ4n) is 2.94. The number of hydrogen-bond donors (Lipinski definition) is 0. The minimum Gasteiger partial charge on any atom is -0.274 e. The summed E-state index contributed by atoms with van der Waals surface area (Å²) in [5.74, 6) is -2.09. The molecule has 1 aromatic carbocycles. The smallest absolute Gasteiger partial charge is 0.238 e. The number of halogens is 1. The Labute approximate surface area is 109 Å². The van der Waals surface area contributed by atoms with E-state index in [2.05, 4.69) is 0 Å². The number of anilines is 1. The summed E-state index contributed by atoms with van der Waals surface area (Å²) < 4.78 is 13.9. The maximum absolute atomic E-state index is 13.9. The summed E-state index contributed by atoms with van der Waals surface area (Å²) in [5, 5.41) is 8.68. The molecule has 2 atom stereocenters. The number of hydrogen-bond acceptors (Lipinski definition) is 3. The highest BCUT2D eigenvalue weighted by molar-refractivity contribution is 6.25. The molecule has 1 aromatic rings. The van der Waals surface area contributed by atoms with Crippen LogP contribution in [0.4, 0.5) is 10.1 Å². The molecule has 4 nitrogen and oxygen atoms in total. The van der Waals surface area contributed by atoms with E-state index in [1.54, 1.807) is 0 Å². The minimum absolute atomic E-state index is 0.0583. The molecule has 1 aliphatic heterocycles. The van der Waals surface area contributed by atoms with Crippen molar-refractivity contribution in [2.24, 2.45) is 17.3 Å². The lowest BCUT2D eigenvalue weighted by Gasteiger charge is -2.20. The third kappa shape index (κ3) is 1.37. The van der Waals surface area contributed by atoms with Crippen molar-refractivity contribution in [1.82, 2.24) is 0 Å². The van der Waals surface area contributed by atoms with Gasteiger partial charge in [0, 0.05) is 0 Å². The van der Waals surface area contributed by atoms with Crippen molar-refractivity contribution in [3.05, 3.63) is 29.6 Å². The number of imide groups is 1. The molecule has 2 amide bonds. The van der Waals surface area contributed by atoms with E-state index in [1.807, 2.05) is 19.9 Å². The number of rotatable bonds is 1. The first-order chi connectivity index (χ1) is 8.89. The second-order valence-corrected chi connectivity index (χ2v) is 5.57. The zero-order chi connectivity index (χ0) is 13.9. The Hall–Kier alpha value is -2.22. The molecule has 0 N–H and O–H groups in total. The maximum Gasteiger partial charge on any atom is 0.238 e. The Balaban J connectivity index is 2.00. The van der Waals surface area contributed by atoms with Crippen LogP contribution in [0.5, 0.6) is 0 Å². The number of amides is 2. The van der Waals surface area contributed by atoms with Gasteiger partial charge in [-0.1, -0.05) is 13.8 Å². The van der Waals surface area contributed by atoms with Gasteiger partial charge in [0.1, 0.15) is 5.82 Å². The van der Waals surface area contributed by atoms with E-state index in [9.17, 15) is 14.0 Å². The van der Waals surface area contributed by atoms with Gasteiger partial charge in [-0.2, -0.15) is 5.26 Å². The third-order valence-electron chi connectivity index (χ3n) is 4.12. The van der Waals surface area contributed by atoms with Crippen molar-refractivity contribution in [2.75, 3.05) is 4.90 Å². The van der Waals surface area contributed by atoms with Crippen LogP contribution in [0, 0.1) is 34.4 Å². The van der Waals surface area contributed by atoms with Crippen molar-refractivity contribution in [2.45, 2.75) is 13.8 Å². The topological polar surface area (TPSA) is 61.2 Å². The van der Waals surface area contributed by atoms with Gasteiger partial charge in [-0.15, -0.1) is 0 Å². The SMILES string of the molecule is CC1(C)C2C(=O)N(c3ccc(C#N)cc3F)C(=O)C21. The number of carbonyl (C=O) groups is 2. The van der Waals surface area contributed by atoms with Crippen LogP contribution in [0.2, 0.25) is 0 Å². The monoisotopic (exact) mass is 258 g/mol. The molecule has 2 aliphatic rings. The molecule has 5 heteroatoms. The lowest BCUT2D eigenvalue weighted by Crippen LogP contribution is -2.36. The number of carbonyl (C=O) groups excluding carboxylic acids is 2. The molecule has 3 rings (SSSR count). The lowest BCUT2D eigenvalue weighted by atomic mass is 10.0. The molecular formula is C14H11FN2O2. The zero-order valence-corrected chi connectivity index (χ0v) is 10.5. The molecule has 0 aromatic heterocycles. The molecule has 1 heterocycles. The molecule has 19 heavy (non-hydrogen) atoms. The number of piperidine rings is 1. The molecule has 2 unspecified atom stereocenters. The van der Waals surface area contributed by atoms with Gasteiger partial charge < -0.3 is 0 Å². The zero-order valence-electron chi connectivity index (χ0n) is 10.5. The van der Waals surface area contributed by atoms with Gasteiger partial charge in [0.05, 0.1) is 29.2 Å². The van der Waals surface area contributed by atoms with Gasteiger partial charge in [-0.25, -0.2) is 9.29 Å². The second-order valence-electron chi connectivity index (χ2n) is 5.57. The van der Waals surface area contributed by atoms with Gasteiger partial charge in [0.2, 0.25) is 11.8 Å². The van der Waals surface area contributed by atoms with E-state index in [1.165, 1.54) is 12.1 Å². The molecular weight excluding hydrogens is 247 g/mol. The molecule has 1 saturated heterocycles. The molecule has 1 aliphatic carbocycles. The fraction of sp³-hybridized carbons (Fsp3) is 0.357. The normalized spacial score (nSPS) is 27.2. The Morgan fingerprint density at radius 3 is 2.32 bits per heavy atom. The number of nitriles is 1. The highest BCUT2D eigenvalue weighted by Crippen LogP contribution is 2.63. The summed E-state index contributed by atoms with van der Waals surface area (Å²) in [6.07, 6.45) is 0. The van der Waals surface area contributed by atoms with Crippen LogP contribution in [0.3, 0.4) is 0 Å². The van der Waals surface area contributed by atoms with E-state index >= 15 is 0 Å². The van der Waals surface area contributed by atoms with Crippen LogP contribution in [-0.2, 0) is 9.59 Å². The number of fused-ring (bicyclic) bond motifs is 1. The largest absolute Gasteiger partial charge is 0.274 e. The van der Waals surface area contributed by atoms with Crippen LogP contribution in [0.15, 0.2) is 18.2 Å². The van der Waals surface area contributed by atoms with Gasteiger partial charge in [0.25, 0.3) is 0 Å². The maximum atomic E-state index is 13.9. The van der Waals surface area contributed by atoms with Crippen LogP contribution in [-0.4, -0.2) is 11.8 Å². The Morgan fingerprint density at radius 1 is 1.26 bits per heavy atom. The first-order valence-electron chi connectivity index (χ1n) is 5.97. The summed E-state index contributed by atoms with van der Waals surface area (Å²) in [4.78, 5) is 25.2. The number of benzene rings is 1. The van der Waals surface area contributed by atoms with Crippen molar-refractivity contribution >= 4 is 17.5 Å². The Kier molecular flexibility index (Phi) is 2.13. The summed E-state index contributed by atoms with van der Waals surface area (Å²) in [5.41, 5.74) is -0.212. The summed E-state index contributed by atoms with van der Waals surface area (Å²) in [6, 6.07) is 5.55. The van der Waals surface area contributed by atoms with Gasteiger partial charge >= 0.3 is 0 Å². The van der Waals surface area contributed by atoms with Gasteiger partial charge in [-0.05, 0) is 23.6 Å². The third-order valence-corrected chi connectivity index (χ3v) is 4.12. The van der Waals surface area contributed by atoms with E-state index in [0.717, 1.165) is 11.0 Å². The fourth-order valence-corrected chi connectivity index (χ4v) is 2.94. The molecule has 2 fully saturated rings. The standard InChI is InChI=1S/C14H11FN2O2/c1-14(2)10-11(14)13(19)17(12(10)18)9-4-3-7(6-16)5-8(9)15/h3-5,10-11H,1-2H3. The van der Waals surface area contributed by atoms with E-state index < -0.39 is 5.82 Å². The van der Waals surface area contributed by atoms with Crippen molar-refractivity contribution < 1.29 is 14.0 Å². The molecule has 0 bridgehead atoms. The summed E-state index contributed by atoms with van der Waals surface area (Å²) in [7, 11) is 0. The predicted octanol–water partition coefficient (Wildman–Crippen LogP) is 1.84. The molecule has 0 radical (unpaired) electrons. The summed E-state index contributed by atoms with van der Waals surface area (Å²) in [6.45, 7) is 3.73. The van der Waals surface area contributed by atoms with E-state index in [4.69, 9.17) is 5.26 Å². The number of nitrogens with zero attached hydrogens (tertiary/aromatic N) is 2. The van der Waals surface area contributed by atoms with Crippen LogP contribution in [0.1, 0.15) is 19.4 Å². The first-order valence-corrected chi connectivity index (χ1v) is 5.97. The second kappa shape index (κ2) is 3.41. The molecule has 0 spiro atoms. The Morgan fingerprint density at radius 2 is 1.84 bits per heavy atom. The van der Waals surface area contributed by atoms with E-state index in [0.29, 0.717) is 0 Å². The van der Waals surface area contributed by atoms with Crippen molar-refractivity contribution in [3.8, 4) is 6.07 Å². The van der Waals surface area contributed by atoms with Crippen molar-refractivity contribution in [3.63, 3.8) is 0 Å². The van der Waals surface area contributed by atoms with Crippen LogP contribution >= 0.6 is 0 Å². The minimum atomic E-state index is -0.722. The average Bonchev–Trinajstić information content (AvgIpc) is 2.81. The first kappa shape index (κ1) is 11.8. The van der Waals surface area contributed by atoms with Crippen LogP contribution in [0.25, 0.3) is 0 Å². The van der Waals surface area contributed by atoms with Crippen molar-refractivity contribution in [1.29, 1.82) is 5.26 Å². The highest BCUT2D eigenvalue weighted by Gasteiger charge is 2.72. The highest BCUT2D eigenvalue weighted by atomic mass is 19.1. The predicted molar refractivity (Wildman–Crippen MR) is 64.4 cm³/mol. The van der Waals surface area contributed by atoms with Gasteiger partial charge in [-0.3, -0.25) is 9.59 Å². The van der Waals surface area contributed by atoms with E-state index in [-0.39, 0.29) is 40.3 Å².